The predicted octanol–water partition coefficient (Wildman–Crippen LogP) is 2.82. The summed E-state index contributed by atoms with van der Waals surface area (Å²) in [5.74, 6) is 0.717. The molecule has 1 aliphatic carbocycles. The molecule has 2 heterocycles. The maximum Gasteiger partial charge on any atom is 0.244 e. The first-order valence-corrected chi connectivity index (χ1v) is 11.7. The highest BCUT2D eigenvalue weighted by atomic mass is 32.2. The van der Waals surface area contributed by atoms with E-state index in [1.54, 1.807) is 24.5 Å². The lowest BCUT2D eigenvalue weighted by atomic mass is 9.94. The van der Waals surface area contributed by atoms with Crippen molar-refractivity contribution in [2.24, 2.45) is 0 Å². The second kappa shape index (κ2) is 9.07. The molecular formula is C22H26N4O4S. The Kier molecular flexibility index (Phi) is 6.24. The van der Waals surface area contributed by atoms with Crippen molar-refractivity contribution in [2.45, 2.75) is 37.1 Å². The molecule has 3 aromatic rings. The number of benzene rings is 1. The number of hydrogen-bond acceptors (Lipinski definition) is 6. The molecule has 1 N–H and O–H groups in total. The Bertz CT molecular complexity index is 1160. The summed E-state index contributed by atoms with van der Waals surface area (Å²) in [5.41, 5.74) is 4.45. The fourth-order valence-electron chi connectivity index (χ4n) is 3.96. The largest absolute Gasteiger partial charge is 0.497 e. The lowest BCUT2D eigenvalue weighted by Gasteiger charge is -2.15. The van der Waals surface area contributed by atoms with Crippen molar-refractivity contribution in [2.75, 3.05) is 20.8 Å². The monoisotopic (exact) mass is 442 g/mol. The van der Waals surface area contributed by atoms with Gasteiger partial charge >= 0.3 is 0 Å². The quantitative estimate of drug-likeness (QED) is 0.576. The molecule has 9 heteroatoms. The first-order valence-electron chi connectivity index (χ1n) is 10.2. The average molecular weight is 443 g/mol. The van der Waals surface area contributed by atoms with E-state index >= 15 is 0 Å². The molecule has 4 rings (SSSR count). The molecule has 0 saturated carbocycles. The van der Waals surface area contributed by atoms with Crippen molar-refractivity contribution in [3.05, 3.63) is 54.0 Å². The van der Waals surface area contributed by atoms with E-state index in [0.29, 0.717) is 12.3 Å². The molecule has 8 nitrogen and oxygen atoms in total. The summed E-state index contributed by atoms with van der Waals surface area (Å²) in [6, 6.07) is 8.62. The van der Waals surface area contributed by atoms with E-state index in [9.17, 15) is 8.42 Å². The van der Waals surface area contributed by atoms with Crippen molar-refractivity contribution in [3.63, 3.8) is 0 Å². The van der Waals surface area contributed by atoms with Crippen LogP contribution >= 0.6 is 0 Å². The number of nitrogens with zero attached hydrogens (tertiary/aromatic N) is 3. The van der Waals surface area contributed by atoms with Crippen LogP contribution in [0.3, 0.4) is 0 Å². The summed E-state index contributed by atoms with van der Waals surface area (Å²) in [6.07, 6.45) is 7.71. The van der Waals surface area contributed by atoms with Crippen molar-refractivity contribution in [1.29, 1.82) is 0 Å². The molecule has 2 aromatic heterocycles. The molecule has 1 aromatic carbocycles. The first-order chi connectivity index (χ1) is 15.0. The second-order valence-corrected chi connectivity index (χ2v) is 9.09. The van der Waals surface area contributed by atoms with Crippen LogP contribution in [0.25, 0.3) is 11.3 Å². The first kappa shape index (κ1) is 21.3. The van der Waals surface area contributed by atoms with Crippen LogP contribution in [0.4, 0.5) is 0 Å². The number of ether oxygens (including phenoxy) is 2. The van der Waals surface area contributed by atoms with Gasteiger partial charge in [0.25, 0.3) is 0 Å². The summed E-state index contributed by atoms with van der Waals surface area (Å²) in [5, 5.41) is 4.82. The van der Waals surface area contributed by atoms with Crippen LogP contribution in [0.1, 0.15) is 24.1 Å². The number of pyridine rings is 1. The Morgan fingerprint density at radius 2 is 1.84 bits per heavy atom. The highest BCUT2D eigenvalue weighted by molar-refractivity contribution is 7.89. The van der Waals surface area contributed by atoms with Gasteiger partial charge in [-0.15, -0.1) is 0 Å². The molecule has 0 radical (unpaired) electrons. The highest BCUT2D eigenvalue weighted by Crippen LogP contribution is 2.31. The summed E-state index contributed by atoms with van der Waals surface area (Å²) < 4.78 is 40.8. The van der Waals surface area contributed by atoms with E-state index in [1.165, 1.54) is 31.5 Å². The Morgan fingerprint density at radius 3 is 2.58 bits per heavy atom. The third kappa shape index (κ3) is 4.42. The third-order valence-corrected chi connectivity index (χ3v) is 6.97. The zero-order valence-electron chi connectivity index (χ0n) is 17.7. The topological polar surface area (TPSA) is 95.3 Å². The third-order valence-electron chi connectivity index (χ3n) is 5.49. The molecule has 31 heavy (non-hydrogen) atoms. The molecule has 0 bridgehead atoms. The smallest absolute Gasteiger partial charge is 0.244 e. The van der Waals surface area contributed by atoms with Gasteiger partial charge in [-0.05, 0) is 49.9 Å². The molecule has 1 aliphatic rings. The normalized spacial score (nSPS) is 13.6. The fourth-order valence-corrected chi connectivity index (χ4v) is 5.16. The summed E-state index contributed by atoms with van der Waals surface area (Å²) in [6.45, 7) is 0.658. The Morgan fingerprint density at radius 1 is 1.06 bits per heavy atom. The summed E-state index contributed by atoms with van der Waals surface area (Å²) in [7, 11) is -0.842. The minimum Gasteiger partial charge on any atom is -0.497 e. The summed E-state index contributed by atoms with van der Waals surface area (Å²) in [4.78, 5) is 4.14. The summed E-state index contributed by atoms with van der Waals surface area (Å²) >= 11 is 0. The maximum absolute atomic E-state index is 12.9. The molecule has 0 amide bonds. The van der Waals surface area contributed by atoms with Crippen LogP contribution in [0, 0.1) is 0 Å². The van der Waals surface area contributed by atoms with Crippen LogP contribution in [0.15, 0.2) is 47.6 Å². The van der Waals surface area contributed by atoms with Crippen molar-refractivity contribution in [3.8, 4) is 22.8 Å². The van der Waals surface area contributed by atoms with Gasteiger partial charge in [-0.1, -0.05) is 0 Å². The number of nitrogens with one attached hydrogen (secondary N) is 1. The number of hydrogen-bond donors (Lipinski definition) is 1. The number of sulfonamides is 1. The van der Waals surface area contributed by atoms with Crippen LogP contribution in [0.2, 0.25) is 0 Å². The Labute approximate surface area is 182 Å². The van der Waals surface area contributed by atoms with Gasteiger partial charge in [-0.25, -0.2) is 13.1 Å². The number of fused-ring (bicyclic) bond motifs is 1. The van der Waals surface area contributed by atoms with Crippen LogP contribution in [0.5, 0.6) is 11.5 Å². The average Bonchev–Trinajstić information content (AvgIpc) is 3.18. The molecule has 164 valence electrons. The van der Waals surface area contributed by atoms with Gasteiger partial charge in [0, 0.05) is 41.8 Å². The lowest BCUT2D eigenvalue weighted by molar-refractivity contribution is 0.392. The predicted molar refractivity (Wildman–Crippen MR) is 117 cm³/mol. The number of methoxy groups -OCH3 is 2. The van der Waals surface area contributed by atoms with E-state index in [2.05, 4.69) is 9.71 Å². The van der Waals surface area contributed by atoms with Crippen LogP contribution in [-0.2, 0) is 29.4 Å². The minimum absolute atomic E-state index is 0.0503. The van der Waals surface area contributed by atoms with E-state index in [-0.39, 0.29) is 17.2 Å². The highest BCUT2D eigenvalue weighted by Gasteiger charge is 2.23. The van der Waals surface area contributed by atoms with Crippen molar-refractivity contribution < 1.29 is 17.9 Å². The van der Waals surface area contributed by atoms with Gasteiger partial charge in [0.2, 0.25) is 10.0 Å². The number of rotatable bonds is 8. The van der Waals surface area contributed by atoms with E-state index < -0.39 is 10.0 Å². The van der Waals surface area contributed by atoms with Crippen molar-refractivity contribution >= 4 is 10.0 Å². The molecule has 0 atom stereocenters. The zero-order chi connectivity index (χ0) is 21.8. The molecule has 0 aliphatic heterocycles. The van der Waals surface area contributed by atoms with Gasteiger partial charge < -0.3 is 9.47 Å². The van der Waals surface area contributed by atoms with Crippen LogP contribution in [-0.4, -0.2) is 43.9 Å². The van der Waals surface area contributed by atoms with E-state index in [1.807, 2.05) is 16.8 Å². The zero-order valence-corrected chi connectivity index (χ0v) is 18.5. The molecular weight excluding hydrogens is 416 g/mol. The van der Waals surface area contributed by atoms with Crippen LogP contribution < -0.4 is 14.2 Å². The molecule has 0 spiro atoms. The molecule has 0 saturated heterocycles. The lowest BCUT2D eigenvalue weighted by Crippen LogP contribution is -2.28. The molecule has 0 fully saturated rings. The second-order valence-electron chi connectivity index (χ2n) is 7.35. The number of aromatic nitrogens is 3. The van der Waals surface area contributed by atoms with E-state index in [0.717, 1.165) is 36.9 Å². The van der Waals surface area contributed by atoms with Crippen molar-refractivity contribution in [1.82, 2.24) is 19.5 Å². The maximum atomic E-state index is 12.9. The minimum atomic E-state index is -3.78. The Balaban J connectivity index is 1.55. The van der Waals surface area contributed by atoms with Gasteiger partial charge in [-0.2, -0.15) is 5.10 Å². The fraction of sp³-hybridized carbons (Fsp3) is 0.364. The standard InChI is InChI=1S/C22H26N4O4S/c1-29-17-7-8-20(30-2)21(15-17)31(27,28)24-13-14-26-19-6-4-3-5-18(19)22(25-26)16-9-11-23-12-10-16/h7-12,15,24H,3-6,13-14H2,1-2H3. The molecule has 0 unspecified atom stereocenters. The van der Waals surface area contributed by atoms with Gasteiger partial charge in [0.05, 0.1) is 26.5 Å². The van der Waals surface area contributed by atoms with E-state index in [4.69, 9.17) is 14.6 Å². The Hall–Kier alpha value is -2.91. The van der Waals surface area contributed by atoms with Gasteiger partial charge in [0.1, 0.15) is 16.4 Å². The van der Waals surface area contributed by atoms with Gasteiger partial charge in [-0.3, -0.25) is 9.67 Å². The van der Waals surface area contributed by atoms with Gasteiger partial charge in [0.15, 0.2) is 0 Å². The SMILES string of the molecule is COc1ccc(OC)c(S(=O)(=O)NCCn2nc(-c3ccncc3)c3c2CCCC3)c1.